The van der Waals surface area contributed by atoms with Crippen LogP contribution in [0.1, 0.15) is 17.5 Å². The first kappa shape index (κ1) is 26.8. The number of nitrogens with two attached hydrogens (primary N) is 1. The number of amides is 5. The average Bonchev–Trinajstić information content (AvgIpc) is 2.84. The molecule has 35 heavy (non-hydrogen) atoms. The molecule has 0 heterocycles. The second-order valence-corrected chi connectivity index (χ2v) is 7.71. The number of benzene rings is 2. The van der Waals surface area contributed by atoms with Crippen LogP contribution in [-0.4, -0.2) is 60.3 Å². The molecular weight excluding hydrogens is 454 g/mol. The third kappa shape index (κ3) is 10.8. The molecule has 11 heteroatoms. The first-order chi connectivity index (χ1) is 16.7. The lowest BCUT2D eigenvalue weighted by Gasteiger charge is -2.19. The van der Waals surface area contributed by atoms with Crippen LogP contribution >= 0.6 is 0 Å². The van der Waals surface area contributed by atoms with Crippen LogP contribution in [0.4, 0.5) is 0 Å². The van der Waals surface area contributed by atoms with E-state index in [4.69, 9.17) is 5.73 Å². The van der Waals surface area contributed by atoms with Crippen LogP contribution in [0.3, 0.4) is 0 Å². The smallest absolute Gasteiger partial charge is 0.243 e. The minimum Gasteiger partial charge on any atom is -0.508 e. The number of aryl methyl sites for hydroxylation is 1. The van der Waals surface area contributed by atoms with E-state index in [1.54, 1.807) is 36.4 Å². The van der Waals surface area contributed by atoms with Gasteiger partial charge in [-0.15, -0.1) is 0 Å². The normalized spacial score (nSPS) is 11.1. The number of primary amides is 1. The summed E-state index contributed by atoms with van der Waals surface area (Å²) in [6, 6.07) is 14.4. The monoisotopic (exact) mass is 483 g/mol. The highest BCUT2D eigenvalue weighted by molar-refractivity contribution is 5.92. The Labute approximate surface area is 202 Å². The molecule has 0 saturated carbocycles. The lowest BCUT2D eigenvalue weighted by atomic mass is 10.1. The Hall–Kier alpha value is -4.41. The fourth-order valence-corrected chi connectivity index (χ4v) is 3.03. The highest BCUT2D eigenvalue weighted by atomic mass is 16.3. The van der Waals surface area contributed by atoms with E-state index in [-0.39, 0.29) is 37.6 Å². The molecule has 0 unspecified atom stereocenters. The first-order valence-corrected chi connectivity index (χ1v) is 10.9. The van der Waals surface area contributed by atoms with E-state index in [0.717, 1.165) is 11.1 Å². The van der Waals surface area contributed by atoms with Crippen LogP contribution in [0.5, 0.6) is 5.75 Å². The van der Waals surface area contributed by atoms with Gasteiger partial charge in [-0.25, -0.2) is 0 Å². The number of phenols is 1. The number of hydrogen-bond donors (Lipinski definition) is 6. The van der Waals surface area contributed by atoms with Crippen LogP contribution in [0.2, 0.25) is 0 Å². The van der Waals surface area contributed by atoms with Crippen LogP contribution in [0.25, 0.3) is 0 Å². The molecule has 0 spiro atoms. The van der Waals surface area contributed by atoms with E-state index >= 15 is 0 Å². The number of aromatic hydroxyl groups is 1. The van der Waals surface area contributed by atoms with Gasteiger partial charge in [0.1, 0.15) is 11.8 Å². The third-order valence-electron chi connectivity index (χ3n) is 4.84. The zero-order valence-corrected chi connectivity index (χ0v) is 19.1. The summed E-state index contributed by atoms with van der Waals surface area (Å²) in [7, 11) is 0. The Bertz CT molecular complexity index is 1030. The Morgan fingerprint density at radius 3 is 2.03 bits per heavy atom. The predicted octanol–water partition coefficient (Wildman–Crippen LogP) is -1.11. The van der Waals surface area contributed by atoms with E-state index in [9.17, 15) is 29.1 Å². The minimum absolute atomic E-state index is 0.134. The van der Waals surface area contributed by atoms with Crippen molar-refractivity contribution in [1.29, 1.82) is 0 Å². The summed E-state index contributed by atoms with van der Waals surface area (Å²) < 4.78 is 0. The van der Waals surface area contributed by atoms with Crippen molar-refractivity contribution in [3.8, 4) is 5.75 Å². The van der Waals surface area contributed by atoms with Gasteiger partial charge in [0.2, 0.25) is 29.5 Å². The predicted molar refractivity (Wildman–Crippen MR) is 127 cm³/mol. The van der Waals surface area contributed by atoms with Crippen LogP contribution in [0, 0.1) is 0 Å². The Balaban J connectivity index is 1.86. The number of carbonyl (C=O) groups is 5. The van der Waals surface area contributed by atoms with E-state index in [1.807, 2.05) is 6.07 Å². The summed E-state index contributed by atoms with van der Waals surface area (Å²) in [5.74, 6) is -2.71. The molecule has 0 bridgehead atoms. The molecule has 0 aliphatic heterocycles. The molecule has 186 valence electrons. The van der Waals surface area contributed by atoms with Gasteiger partial charge in [0.25, 0.3) is 0 Å². The number of hydrogen-bond acceptors (Lipinski definition) is 6. The highest BCUT2D eigenvalue weighted by Gasteiger charge is 2.22. The summed E-state index contributed by atoms with van der Waals surface area (Å²) >= 11 is 0. The molecule has 0 aromatic heterocycles. The molecule has 2 rings (SSSR count). The van der Waals surface area contributed by atoms with Crippen LogP contribution in [0.15, 0.2) is 54.6 Å². The topological polar surface area (TPSA) is 180 Å². The van der Waals surface area contributed by atoms with Crippen molar-refractivity contribution in [3.63, 3.8) is 0 Å². The van der Waals surface area contributed by atoms with Gasteiger partial charge >= 0.3 is 0 Å². The van der Waals surface area contributed by atoms with Crippen molar-refractivity contribution in [1.82, 2.24) is 21.3 Å². The van der Waals surface area contributed by atoms with Crippen molar-refractivity contribution < 1.29 is 29.1 Å². The second kappa shape index (κ2) is 14.0. The largest absolute Gasteiger partial charge is 0.508 e. The Kier molecular flexibility index (Phi) is 10.7. The number of phenolic OH excluding ortho intramolecular Hbond substituents is 1. The fraction of sp³-hybridized carbons (Fsp3) is 0.292. The lowest BCUT2D eigenvalue weighted by Crippen LogP contribution is -2.52. The van der Waals surface area contributed by atoms with Crippen molar-refractivity contribution in [3.05, 3.63) is 65.7 Å². The van der Waals surface area contributed by atoms with E-state index < -0.39 is 36.2 Å². The zero-order chi connectivity index (χ0) is 25.6. The van der Waals surface area contributed by atoms with Crippen molar-refractivity contribution in [2.45, 2.75) is 25.3 Å². The van der Waals surface area contributed by atoms with Crippen molar-refractivity contribution in [2.24, 2.45) is 5.73 Å². The van der Waals surface area contributed by atoms with Gasteiger partial charge in [0, 0.05) is 12.8 Å². The molecule has 5 amide bonds. The number of nitrogens with one attached hydrogen (secondary N) is 4. The maximum atomic E-state index is 12.6. The number of carbonyl (C=O) groups excluding carboxylic acids is 5. The number of rotatable bonds is 13. The van der Waals surface area contributed by atoms with Crippen molar-refractivity contribution in [2.75, 3.05) is 19.6 Å². The highest BCUT2D eigenvalue weighted by Crippen LogP contribution is 2.11. The maximum Gasteiger partial charge on any atom is 0.243 e. The molecular formula is C24H29N5O6. The quantitative estimate of drug-likeness (QED) is 0.210. The zero-order valence-electron chi connectivity index (χ0n) is 19.1. The van der Waals surface area contributed by atoms with E-state index in [0.29, 0.717) is 6.42 Å². The standard InChI is InChI=1S/C24H29N5O6/c25-20(31)13-26-22(33)14-28-24(35)19(12-17-4-2-1-3-5-17)29-23(34)15-27-21(32)11-8-16-6-9-18(30)10-7-16/h1-7,9-10,19,30H,8,11-15H2,(H2,25,31)(H,26,33)(H,27,32)(H,28,35)(H,29,34)/t19-/m0/s1. The van der Waals surface area contributed by atoms with Crippen LogP contribution < -0.4 is 27.0 Å². The molecule has 7 N–H and O–H groups in total. The molecule has 2 aromatic rings. The molecule has 0 radical (unpaired) electrons. The molecule has 0 aliphatic carbocycles. The molecule has 1 atom stereocenters. The summed E-state index contributed by atoms with van der Waals surface area (Å²) in [6.45, 7) is -1.08. The molecule has 0 aliphatic rings. The van der Waals surface area contributed by atoms with Gasteiger partial charge in [0.15, 0.2) is 0 Å². The van der Waals surface area contributed by atoms with Gasteiger partial charge in [-0.3, -0.25) is 24.0 Å². The molecule has 0 fully saturated rings. The molecule has 11 nitrogen and oxygen atoms in total. The lowest BCUT2D eigenvalue weighted by molar-refractivity contribution is -0.131. The SMILES string of the molecule is NC(=O)CNC(=O)CNC(=O)[C@H](Cc1ccccc1)NC(=O)CNC(=O)CCc1ccc(O)cc1. The summed E-state index contributed by atoms with van der Waals surface area (Å²) in [5, 5.41) is 19.1. The van der Waals surface area contributed by atoms with Crippen LogP contribution in [-0.2, 0) is 36.8 Å². The molecule has 0 saturated heterocycles. The third-order valence-corrected chi connectivity index (χ3v) is 4.84. The van der Waals surface area contributed by atoms with Gasteiger partial charge in [0.05, 0.1) is 19.6 Å². The van der Waals surface area contributed by atoms with E-state index in [2.05, 4.69) is 21.3 Å². The second-order valence-electron chi connectivity index (χ2n) is 7.71. The average molecular weight is 484 g/mol. The summed E-state index contributed by atoms with van der Waals surface area (Å²) in [5.41, 5.74) is 6.61. The summed E-state index contributed by atoms with van der Waals surface area (Å²) in [4.78, 5) is 59.6. The van der Waals surface area contributed by atoms with Gasteiger partial charge in [-0.05, 0) is 29.7 Å². The minimum atomic E-state index is -0.997. The van der Waals surface area contributed by atoms with Gasteiger partial charge in [-0.1, -0.05) is 42.5 Å². The fourth-order valence-electron chi connectivity index (χ4n) is 3.03. The maximum absolute atomic E-state index is 12.6. The van der Waals surface area contributed by atoms with E-state index in [1.165, 1.54) is 12.1 Å². The first-order valence-electron chi connectivity index (χ1n) is 10.9. The van der Waals surface area contributed by atoms with Crippen molar-refractivity contribution >= 4 is 29.5 Å². The Morgan fingerprint density at radius 1 is 0.743 bits per heavy atom. The van der Waals surface area contributed by atoms with Gasteiger partial charge < -0.3 is 32.1 Å². The molecule has 2 aromatic carbocycles. The van der Waals surface area contributed by atoms with Gasteiger partial charge in [-0.2, -0.15) is 0 Å². The summed E-state index contributed by atoms with van der Waals surface area (Å²) in [6.07, 6.45) is 0.743. The Morgan fingerprint density at radius 2 is 1.37 bits per heavy atom.